The van der Waals surface area contributed by atoms with Gasteiger partial charge in [0.15, 0.2) is 0 Å². The molecular formula is C13H26N2O. The van der Waals surface area contributed by atoms with Crippen LogP contribution in [-0.2, 0) is 0 Å². The predicted molar refractivity (Wildman–Crippen MR) is 66.5 cm³/mol. The maximum absolute atomic E-state index is 9.84. The van der Waals surface area contributed by atoms with Crippen molar-refractivity contribution in [1.29, 1.82) is 0 Å². The van der Waals surface area contributed by atoms with E-state index < -0.39 is 0 Å². The van der Waals surface area contributed by atoms with Crippen molar-refractivity contribution in [3.05, 3.63) is 0 Å². The Morgan fingerprint density at radius 3 is 2.56 bits per heavy atom. The highest BCUT2D eigenvalue weighted by Crippen LogP contribution is 2.26. The molecule has 0 bridgehead atoms. The van der Waals surface area contributed by atoms with Gasteiger partial charge in [0.2, 0.25) is 0 Å². The lowest BCUT2D eigenvalue weighted by molar-refractivity contribution is 0.0892. The average molecular weight is 226 g/mol. The molecule has 2 saturated carbocycles. The van der Waals surface area contributed by atoms with Crippen LogP contribution < -0.4 is 5.32 Å². The van der Waals surface area contributed by atoms with Crippen molar-refractivity contribution in [3.8, 4) is 0 Å². The molecule has 94 valence electrons. The fourth-order valence-corrected chi connectivity index (χ4v) is 2.78. The number of aliphatic hydroxyl groups is 1. The van der Waals surface area contributed by atoms with E-state index in [-0.39, 0.29) is 6.10 Å². The van der Waals surface area contributed by atoms with Crippen LogP contribution in [0.2, 0.25) is 0 Å². The summed E-state index contributed by atoms with van der Waals surface area (Å²) in [6, 6.07) is 1.22. The van der Waals surface area contributed by atoms with Crippen LogP contribution in [0.5, 0.6) is 0 Å². The van der Waals surface area contributed by atoms with Crippen molar-refractivity contribution in [2.24, 2.45) is 0 Å². The van der Waals surface area contributed by atoms with E-state index in [1.165, 1.54) is 32.2 Å². The Hall–Kier alpha value is -0.120. The zero-order valence-corrected chi connectivity index (χ0v) is 10.5. The lowest BCUT2D eigenvalue weighted by atomic mass is 9.93. The molecule has 2 aliphatic rings. The van der Waals surface area contributed by atoms with Gasteiger partial charge in [-0.3, -0.25) is 4.90 Å². The molecule has 0 aromatic heterocycles. The van der Waals surface area contributed by atoms with Gasteiger partial charge in [0, 0.05) is 25.2 Å². The summed E-state index contributed by atoms with van der Waals surface area (Å²) in [6.07, 6.45) is 7.27. The quantitative estimate of drug-likeness (QED) is 0.718. The van der Waals surface area contributed by atoms with E-state index in [1.54, 1.807) is 0 Å². The molecule has 16 heavy (non-hydrogen) atoms. The molecule has 2 fully saturated rings. The third-order valence-electron chi connectivity index (χ3n) is 4.00. The minimum atomic E-state index is -0.107. The summed E-state index contributed by atoms with van der Waals surface area (Å²) in [5, 5.41) is 13.4. The Bertz CT molecular complexity index is 206. The van der Waals surface area contributed by atoms with Gasteiger partial charge in [0.25, 0.3) is 0 Å². The lowest BCUT2D eigenvalue weighted by Crippen LogP contribution is -2.45. The van der Waals surface area contributed by atoms with Gasteiger partial charge in [-0.05, 0) is 32.2 Å². The first-order chi connectivity index (χ1) is 7.81. The molecule has 2 aliphatic carbocycles. The lowest BCUT2D eigenvalue weighted by Gasteiger charge is -2.29. The topological polar surface area (TPSA) is 35.5 Å². The molecule has 0 unspecified atom stereocenters. The van der Waals surface area contributed by atoms with Gasteiger partial charge in [-0.2, -0.15) is 0 Å². The van der Waals surface area contributed by atoms with E-state index in [0.29, 0.717) is 6.04 Å². The van der Waals surface area contributed by atoms with Gasteiger partial charge in [-0.1, -0.05) is 19.8 Å². The second kappa shape index (κ2) is 5.99. The Balaban J connectivity index is 1.62. The highest BCUT2D eigenvalue weighted by atomic mass is 16.3. The summed E-state index contributed by atoms with van der Waals surface area (Å²) in [4.78, 5) is 2.56. The molecule has 0 saturated heterocycles. The van der Waals surface area contributed by atoms with Gasteiger partial charge in [0.1, 0.15) is 0 Å². The van der Waals surface area contributed by atoms with Crippen LogP contribution >= 0.6 is 0 Å². The summed E-state index contributed by atoms with van der Waals surface area (Å²) in [5.41, 5.74) is 0. The number of rotatable bonds is 6. The van der Waals surface area contributed by atoms with E-state index in [2.05, 4.69) is 17.1 Å². The first kappa shape index (κ1) is 12.3. The molecule has 3 nitrogen and oxygen atoms in total. The maximum Gasteiger partial charge on any atom is 0.0693 e. The normalized spacial score (nSPS) is 30.9. The second-order valence-electron chi connectivity index (χ2n) is 5.27. The van der Waals surface area contributed by atoms with Crippen LogP contribution in [0.1, 0.15) is 45.4 Å². The minimum absolute atomic E-state index is 0.107. The highest BCUT2D eigenvalue weighted by Gasteiger charge is 2.28. The summed E-state index contributed by atoms with van der Waals surface area (Å²) in [5.74, 6) is 0. The van der Waals surface area contributed by atoms with Crippen molar-refractivity contribution < 1.29 is 5.11 Å². The maximum atomic E-state index is 9.84. The molecule has 0 amide bonds. The van der Waals surface area contributed by atoms with E-state index in [1.807, 2.05) is 0 Å². The number of likely N-dealkylation sites (N-methyl/N-ethyl adjacent to an activating group) is 1. The number of hydrogen-bond donors (Lipinski definition) is 2. The monoisotopic (exact) mass is 226 g/mol. The standard InChI is InChI=1S/C13H26N2O/c1-2-15(11-7-8-11)10-9-14-12-5-3-4-6-13(12)16/h11-14,16H,2-10H2,1H3/t12-,13-/m1/s1. The van der Waals surface area contributed by atoms with Crippen LogP contribution in [0.15, 0.2) is 0 Å². The second-order valence-corrected chi connectivity index (χ2v) is 5.27. The van der Waals surface area contributed by atoms with Gasteiger partial charge in [-0.15, -0.1) is 0 Å². The third kappa shape index (κ3) is 3.44. The molecule has 0 heterocycles. The summed E-state index contributed by atoms with van der Waals surface area (Å²) >= 11 is 0. The van der Waals surface area contributed by atoms with Crippen molar-refractivity contribution in [2.45, 2.75) is 63.6 Å². The van der Waals surface area contributed by atoms with E-state index in [9.17, 15) is 5.11 Å². The summed E-state index contributed by atoms with van der Waals surface area (Å²) in [7, 11) is 0. The highest BCUT2D eigenvalue weighted by molar-refractivity contribution is 4.85. The smallest absolute Gasteiger partial charge is 0.0693 e. The Morgan fingerprint density at radius 1 is 1.19 bits per heavy atom. The van der Waals surface area contributed by atoms with Crippen molar-refractivity contribution in [3.63, 3.8) is 0 Å². The number of nitrogens with zero attached hydrogens (tertiary/aromatic N) is 1. The van der Waals surface area contributed by atoms with Crippen LogP contribution in [0.25, 0.3) is 0 Å². The largest absolute Gasteiger partial charge is 0.392 e. The molecule has 0 spiro atoms. The van der Waals surface area contributed by atoms with Crippen molar-refractivity contribution >= 4 is 0 Å². The number of hydrogen-bond acceptors (Lipinski definition) is 3. The molecular weight excluding hydrogens is 200 g/mol. The Kier molecular flexibility index (Phi) is 4.62. The summed E-state index contributed by atoms with van der Waals surface area (Å²) < 4.78 is 0. The fraction of sp³-hybridized carbons (Fsp3) is 1.00. The van der Waals surface area contributed by atoms with Crippen LogP contribution in [0.4, 0.5) is 0 Å². The third-order valence-corrected chi connectivity index (χ3v) is 4.00. The van der Waals surface area contributed by atoms with E-state index >= 15 is 0 Å². The predicted octanol–water partition coefficient (Wildman–Crippen LogP) is 1.36. The molecule has 0 aliphatic heterocycles. The Morgan fingerprint density at radius 2 is 1.94 bits per heavy atom. The van der Waals surface area contributed by atoms with Gasteiger partial charge < -0.3 is 10.4 Å². The first-order valence-corrected chi connectivity index (χ1v) is 6.96. The van der Waals surface area contributed by atoms with Crippen LogP contribution in [0.3, 0.4) is 0 Å². The van der Waals surface area contributed by atoms with Crippen LogP contribution in [0, 0.1) is 0 Å². The molecule has 0 aromatic carbocycles. The van der Waals surface area contributed by atoms with E-state index in [4.69, 9.17) is 0 Å². The zero-order valence-electron chi connectivity index (χ0n) is 10.5. The molecule has 2 rings (SSSR count). The van der Waals surface area contributed by atoms with E-state index in [0.717, 1.165) is 32.0 Å². The molecule has 0 aromatic rings. The van der Waals surface area contributed by atoms with Crippen molar-refractivity contribution in [2.75, 3.05) is 19.6 Å². The molecule has 3 heteroatoms. The first-order valence-electron chi connectivity index (χ1n) is 6.96. The fourth-order valence-electron chi connectivity index (χ4n) is 2.78. The number of aliphatic hydroxyl groups excluding tert-OH is 1. The SMILES string of the molecule is CCN(CCN[C@@H]1CCCC[C@H]1O)C1CC1. The summed E-state index contributed by atoms with van der Waals surface area (Å²) in [6.45, 7) is 5.59. The van der Waals surface area contributed by atoms with Gasteiger partial charge >= 0.3 is 0 Å². The average Bonchev–Trinajstić information content (AvgIpc) is 3.11. The zero-order chi connectivity index (χ0) is 11.4. The molecule has 2 N–H and O–H groups in total. The van der Waals surface area contributed by atoms with Crippen LogP contribution in [-0.4, -0.2) is 47.8 Å². The van der Waals surface area contributed by atoms with Gasteiger partial charge in [0.05, 0.1) is 6.10 Å². The minimum Gasteiger partial charge on any atom is -0.392 e. The van der Waals surface area contributed by atoms with Gasteiger partial charge in [-0.25, -0.2) is 0 Å². The molecule has 2 atom stereocenters. The molecule has 0 radical (unpaired) electrons. The van der Waals surface area contributed by atoms with Crippen molar-refractivity contribution in [1.82, 2.24) is 10.2 Å². The Labute approximate surface area is 99.2 Å². The number of nitrogens with one attached hydrogen (secondary N) is 1.